The van der Waals surface area contributed by atoms with Gasteiger partial charge in [-0.15, -0.1) is 0 Å². The van der Waals surface area contributed by atoms with Crippen molar-refractivity contribution in [3.8, 4) is 5.75 Å². The summed E-state index contributed by atoms with van der Waals surface area (Å²) in [6.07, 6.45) is 1.97. The summed E-state index contributed by atoms with van der Waals surface area (Å²) >= 11 is 0. The fraction of sp³-hybridized carbons (Fsp3) is 0.611. The lowest BCUT2D eigenvalue weighted by Crippen LogP contribution is -2.56. The first-order chi connectivity index (χ1) is 10.5. The number of hydrogen-bond acceptors (Lipinski definition) is 3. The lowest BCUT2D eigenvalue weighted by Gasteiger charge is -2.47. The van der Waals surface area contributed by atoms with Crippen LogP contribution in [-0.4, -0.2) is 48.0 Å². The van der Waals surface area contributed by atoms with Crippen molar-refractivity contribution in [2.24, 2.45) is 5.92 Å². The van der Waals surface area contributed by atoms with Crippen LogP contribution < -0.4 is 4.74 Å². The van der Waals surface area contributed by atoms with E-state index in [2.05, 4.69) is 18.7 Å². The Morgan fingerprint density at radius 3 is 2.45 bits per heavy atom. The predicted octanol–water partition coefficient (Wildman–Crippen LogP) is 2.53. The van der Waals surface area contributed by atoms with Gasteiger partial charge in [-0.1, -0.05) is 12.1 Å². The lowest BCUT2D eigenvalue weighted by molar-refractivity contribution is -0.128. The van der Waals surface area contributed by atoms with Crippen LogP contribution in [0.1, 0.15) is 32.3 Å². The molecule has 2 heterocycles. The van der Waals surface area contributed by atoms with Gasteiger partial charge in [0, 0.05) is 31.0 Å². The number of carbonyl (C=O) groups is 1. The van der Waals surface area contributed by atoms with Gasteiger partial charge in [-0.25, -0.2) is 0 Å². The Bertz CT molecular complexity index is 535. The Morgan fingerprint density at radius 2 is 1.91 bits per heavy atom. The quantitative estimate of drug-likeness (QED) is 0.838. The summed E-state index contributed by atoms with van der Waals surface area (Å²) in [5, 5.41) is 0. The molecule has 0 radical (unpaired) electrons. The SMILES string of the molecule is COc1ccc(CN2CC(C(C)(C)N3CCC3)CC2=O)cc1. The molecule has 4 nitrogen and oxygen atoms in total. The van der Waals surface area contributed by atoms with Crippen LogP contribution in [-0.2, 0) is 11.3 Å². The minimum atomic E-state index is 0.128. The smallest absolute Gasteiger partial charge is 0.223 e. The summed E-state index contributed by atoms with van der Waals surface area (Å²) in [5.74, 6) is 1.57. The second-order valence-electron chi connectivity index (χ2n) is 7.02. The highest BCUT2D eigenvalue weighted by Gasteiger charge is 2.43. The average Bonchev–Trinajstić information content (AvgIpc) is 2.79. The third-order valence-electron chi connectivity index (χ3n) is 5.42. The van der Waals surface area contributed by atoms with Crippen molar-refractivity contribution in [3.63, 3.8) is 0 Å². The molecule has 120 valence electrons. The molecule has 0 bridgehead atoms. The van der Waals surface area contributed by atoms with Crippen molar-refractivity contribution in [1.82, 2.24) is 9.80 Å². The van der Waals surface area contributed by atoms with Crippen molar-refractivity contribution in [3.05, 3.63) is 29.8 Å². The molecule has 0 aromatic heterocycles. The number of ether oxygens (including phenoxy) is 1. The molecule has 1 atom stereocenters. The van der Waals surface area contributed by atoms with Crippen LogP contribution in [0.2, 0.25) is 0 Å². The van der Waals surface area contributed by atoms with Crippen molar-refractivity contribution in [2.45, 2.75) is 38.8 Å². The van der Waals surface area contributed by atoms with E-state index in [9.17, 15) is 4.79 Å². The summed E-state index contributed by atoms with van der Waals surface area (Å²) in [6.45, 7) is 8.51. The molecule has 22 heavy (non-hydrogen) atoms. The first-order valence-electron chi connectivity index (χ1n) is 8.16. The molecule has 4 heteroatoms. The first kappa shape index (κ1) is 15.3. The molecule has 2 aliphatic rings. The van der Waals surface area contributed by atoms with Crippen molar-refractivity contribution in [2.75, 3.05) is 26.7 Å². The maximum absolute atomic E-state index is 12.4. The van der Waals surface area contributed by atoms with Gasteiger partial charge < -0.3 is 9.64 Å². The van der Waals surface area contributed by atoms with E-state index in [1.54, 1.807) is 7.11 Å². The van der Waals surface area contributed by atoms with Crippen LogP contribution in [0.25, 0.3) is 0 Å². The van der Waals surface area contributed by atoms with Gasteiger partial charge in [0.05, 0.1) is 7.11 Å². The molecule has 2 fully saturated rings. The number of nitrogens with zero attached hydrogens (tertiary/aromatic N) is 2. The monoisotopic (exact) mass is 302 g/mol. The number of likely N-dealkylation sites (tertiary alicyclic amines) is 2. The second-order valence-corrected chi connectivity index (χ2v) is 7.02. The largest absolute Gasteiger partial charge is 0.497 e. The molecule has 0 aliphatic carbocycles. The summed E-state index contributed by atoms with van der Waals surface area (Å²) < 4.78 is 5.18. The van der Waals surface area contributed by atoms with Crippen LogP contribution in [0.5, 0.6) is 5.75 Å². The third-order valence-corrected chi connectivity index (χ3v) is 5.42. The Hall–Kier alpha value is -1.55. The van der Waals surface area contributed by atoms with E-state index < -0.39 is 0 Å². The topological polar surface area (TPSA) is 32.8 Å². The molecule has 3 rings (SSSR count). The molecule has 2 saturated heterocycles. The fourth-order valence-electron chi connectivity index (χ4n) is 3.50. The number of hydrogen-bond donors (Lipinski definition) is 0. The van der Waals surface area contributed by atoms with E-state index in [1.807, 2.05) is 29.2 Å². The zero-order valence-electron chi connectivity index (χ0n) is 13.8. The molecular weight excluding hydrogens is 276 g/mol. The van der Waals surface area contributed by atoms with Crippen LogP contribution in [0, 0.1) is 5.92 Å². The van der Waals surface area contributed by atoms with E-state index in [0.717, 1.165) is 17.9 Å². The molecule has 1 unspecified atom stereocenters. The highest BCUT2D eigenvalue weighted by Crippen LogP contribution is 2.35. The van der Waals surface area contributed by atoms with Gasteiger partial charge in [0.2, 0.25) is 5.91 Å². The number of benzene rings is 1. The first-order valence-corrected chi connectivity index (χ1v) is 8.16. The summed E-state index contributed by atoms with van der Waals surface area (Å²) in [6, 6.07) is 7.99. The second kappa shape index (κ2) is 5.92. The fourth-order valence-corrected chi connectivity index (χ4v) is 3.50. The van der Waals surface area contributed by atoms with Gasteiger partial charge in [-0.3, -0.25) is 9.69 Å². The van der Waals surface area contributed by atoms with E-state index in [0.29, 0.717) is 18.9 Å². The minimum Gasteiger partial charge on any atom is -0.497 e. The molecule has 1 amide bonds. The van der Waals surface area contributed by atoms with Gasteiger partial charge >= 0.3 is 0 Å². The zero-order valence-corrected chi connectivity index (χ0v) is 13.8. The van der Waals surface area contributed by atoms with E-state index in [1.165, 1.54) is 19.5 Å². The summed E-state index contributed by atoms with van der Waals surface area (Å²) in [7, 11) is 1.67. The van der Waals surface area contributed by atoms with E-state index in [4.69, 9.17) is 4.74 Å². The zero-order chi connectivity index (χ0) is 15.7. The van der Waals surface area contributed by atoms with Gasteiger partial charge in [0.15, 0.2) is 0 Å². The maximum Gasteiger partial charge on any atom is 0.223 e. The Balaban J connectivity index is 1.64. The molecular formula is C18H26N2O2. The van der Waals surface area contributed by atoms with Gasteiger partial charge in [-0.2, -0.15) is 0 Å². The number of rotatable bonds is 5. The molecule has 0 N–H and O–H groups in total. The van der Waals surface area contributed by atoms with Crippen molar-refractivity contribution < 1.29 is 9.53 Å². The number of amides is 1. The Kier molecular flexibility index (Phi) is 4.13. The Labute approximate surface area is 133 Å². The summed E-state index contributed by atoms with van der Waals surface area (Å²) in [4.78, 5) is 16.9. The van der Waals surface area contributed by atoms with Crippen molar-refractivity contribution >= 4 is 5.91 Å². The molecule has 1 aromatic carbocycles. The molecule has 0 spiro atoms. The normalized spacial score (nSPS) is 22.8. The van der Waals surface area contributed by atoms with E-state index in [-0.39, 0.29) is 11.4 Å². The van der Waals surface area contributed by atoms with Gasteiger partial charge in [0.25, 0.3) is 0 Å². The van der Waals surface area contributed by atoms with Crippen LogP contribution in [0.15, 0.2) is 24.3 Å². The van der Waals surface area contributed by atoms with Crippen molar-refractivity contribution in [1.29, 1.82) is 0 Å². The average molecular weight is 302 g/mol. The lowest BCUT2D eigenvalue weighted by atomic mass is 9.83. The third kappa shape index (κ3) is 2.84. The van der Waals surface area contributed by atoms with E-state index >= 15 is 0 Å². The van der Waals surface area contributed by atoms with Crippen LogP contribution in [0.3, 0.4) is 0 Å². The predicted molar refractivity (Wildman–Crippen MR) is 86.8 cm³/mol. The van der Waals surface area contributed by atoms with Gasteiger partial charge in [0.1, 0.15) is 5.75 Å². The molecule has 1 aromatic rings. The highest BCUT2D eigenvalue weighted by atomic mass is 16.5. The minimum absolute atomic E-state index is 0.128. The highest BCUT2D eigenvalue weighted by molar-refractivity contribution is 5.78. The van der Waals surface area contributed by atoms with Crippen LogP contribution >= 0.6 is 0 Å². The maximum atomic E-state index is 12.4. The molecule has 0 saturated carbocycles. The van der Waals surface area contributed by atoms with Gasteiger partial charge in [-0.05, 0) is 51.1 Å². The standard InChI is InChI=1S/C18H26N2O2/c1-18(2,20-9-4-10-20)15-11-17(21)19(13-15)12-14-5-7-16(22-3)8-6-14/h5-8,15H,4,9-13H2,1-3H3. The number of methoxy groups -OCH3 is 1. The number of carbonyl (C=O) groups excluding carboxylic acids is 1. The van der Waals surface area contributed by atoms with Crippen LogP contribution in [0.4, 0.5) is 0 Å². The Morgan fingerprint density at radius 1 is 1.23 bits per heavy atom. The summed E-state index contributed by atoms with van der Waals surface area (Å²) in [5.41, 5.74) is 1.29. The molecule has 2 aliphatic heterocycles.